The van der Waals surface area contributed by atoms with Gasteiger partial charge in [0, 0.05) is 13.7 Å². The highest BCUT2D eigenvalue weighted by Gasteiger charge is 2.27. The van der Waals surface area contributed by atoms with Gasteiger partial charge in [-0.3, -0.25) is 0 Å². The van der Waals surface area contributed by atoms with Crippen LogP contribution in [0.5, 0.6) is 0 Å². The van der Waals surface area contributed by atoms with E-state index >= 15 is 0 Å². The largest absolute Gasteiger partial charge is 0.396 e. The van der Waals surface area contributed by atoms with Crippen molar-refractivity contribution in [3.63, 3.8) is 0 Å². The van der Waals surface area contributed by atoms with Crippen LogP contribution in [0, 0.1) is 5.82 Å². The van der Waals surface area contributed by atoms with Gasteiger partial charge in [-0.1, -0.05) is 0 Å². The summed E-state index contributed by atoms with van der Waals surface area (Å²) in [6.45, 7) is -0.431. The maximum atomic E-state index is 13.4. The van der Waals surface area contributed by atoms with Gasteiger partial charge < -0.3 is 10.0 Å². The molecule has 96 valence electrons. The molecule has 0 aliphatic carbocycles. The van der Waals surface area contributed by atoms with E-state index in [9.17, 15) is 13.2 Å². The van der Waals surface area contributed by atoms with Gasteiger partial charge >= 0.3 is 0 Å². The third kappa shape index (κ3) is 3.44. The number of halogens is 4. The average molecular weight is 270 g/mol. The van der Waals surface area contributed by atoms with Gasteiger partial charge in [-0.15, -0.1) is 0 Å². The monoisotopic (exact) mass is 269 g/mol. The molecule has 1 atom stereocenters. The van der Waals surface area contributed by atoms with Crippen LogP contribution in [-0.2, 0) is 0 Å². The van der Waals surface area contributed by atoms with Crippen LogP contribution in [0.15, 0.2) is 6.20 Å². The van der Waals surface area contributed by atoms with E-state index in [0.29, 0.717) is 0 Å². The average Bonchev–Trinajstić information content (AvgIpc) is 2.28. The molecule has 1 N–H and O–H groups in total. The maximum absolute atomic E-state index is 13.4. The summed E-state index contributed by atoms with van der Waals surface area (Å²) in [6, 6.07) is -1.33. The maximum Gasteiger partial charge on any atom is 0.258 e. The molecule has 0 saturated carbocycles. The number of aliphatic hydroxyl groups excluding tert-OH is 1. The van der Waals surface area contributed by atoms with Gasteiger partial charge in [-0.25, -0.2) is 18.2 Å². The van der Waals surface area contributed by atoms with Gasteiger partial charge in [0.2, 0.25) is 5.28 Å². The van der Waals surface area contributed by atoms with Crippen LogP contribution in [-0.4, -0.2) is 41.2 Å². The highest BCUT2D eigenvalue weighted by molar-refractivity contribution is 6.28. The van der Waals surface area contributed by atoms with Crippen molar-refractivity contribution in [1.29, 1.82) is 0 Å². The van der Waals surface area contributed by atoms with E-state index in [1.807, 2.05) is 0 Å². The first kappa shape index (κ1) is 14.0. The van der Waals surface area contributed by atoms with Gasteiger partial charge in [-0.05, 0) is 18.0 Å². The minimum Gasteiger partial charge on any atom is -0.396 e. The standard InChI is InChI=1S/C9H11ClF3N3O/c1-16(6(2-3-17)7(12)13)8-5(11)4-14-9(10)15-8/h4,6-7,17H,2-3H2,1H3. The van der Waals surface area contributed by atoms with Gasteiger partial charge in [0.1, 0.15) is 0 Å². The van der Waals surface area contributed by atoms with Crippen LogP contribution in [0.2, 0.25) is 5.28 Å². The molecule has 0 aliphatic rings. The number of alkyl halides is 2. The molecule has 1 heterocycles. The van der Waals surface area contributed by atoms with Crippen molar-refractivity contribution in [3.8, 4) is 0 Å². The summed E-state index contributed by atoms with van der Waals surface area (Å²) in [4.78, 5) is 7.88. The lowest BCUT2D eigenvalue weighted by atomic mass is 10.2. The van der Waals surface area contributed by atoms with Crippen molar-refractivity contribution in [2.45, 2.75) is 18.9 Å². The van der Waals surface area contributed by atoms with Crippen molar-refractivity contribution in [2.24, 2.45) is 0 Å². The zero-order valence-electron chi connectivity index (χ0n) is 8.95. The van der Waals surface area contributed by atoms with E-state index in [1.54, 1.807) is 0 Å². The van der Waals surface area contributed by atoms with Crippen LogP contribution in [0.1, 0.15) is 6.42 Å². The molecule has 0 fully saturated rings. The second-order valence-electron chi connectivity index (χ2n) is 3.34. The number of hydrogen-bond donors (Lipinski definition) is 1. The SMILES string of the molecule is CN(c1nc(Cl)ncc1F)C(CCO)C(F)F. The Balaban J connectivity index is 2.99. The lowest BCUT2D eigenvalue weighted by Crippen LogP contribution is -2.39. The van der Waals surface area contributed by atoms with E-state index in [2.05, 4.69) is 9.97 Å². The van der Waals surface area contributed by atoms with E-state index in [4.69, 9.17) is 16.7 Å². The van der Waals surface area contributed by atoms with Crippen LogP contribution >= 0.6 is 11.6 Å². The first-order valence-corrected chi connectivity index (χ1v) is 5.15. The number of nitrogens with zero attached hydrogens (tertiary/aromatic N) is 3. The molecule has 0 radical (unpaired) electrons. The molecule has 1 aromatic rings. The molecule has 17 heavy (non-hydrogen) atoms. The summed E-state index contributed by atoms with van der Waals surface area (Å²) >= 11 is 5.47. The Morgan fingerprint density at radius 1 is 1.53 bits per heavy atom. The Bertz CT molecular complexity index is 381. The molecule has 0 aliphatic heterocycles. The summed E-state index contributed by atoms with van der Waals surface area (Å²) in [5.74, 6) is -1.16. The van der Waals surface area contributed by atoms with E-state index in [0.717, 1.165) is 11.1 Å². The Hall–Kier alpha value is -1.08. The number of aliphatic hydroxyl groups is 1. The Morgan fingerprint density at radius 2 is 2.18 bits per heavy atom. The topological polar surface area (TPSA) is 49.2 Å². The van der Waals surface area contributed by atoms with Crippen LogP contribution in [0.4, 0.5) is 19.0 Å². The summed E-state index contributed by atoms with van der Waals surface area (Å²) in [6.07, 6.45) is -2.13. The summed E-state index contributed by atoms with van der Waals surface area (Å²) < 4.78 is 38.8. The fourth-order valence-corrected chi connectivity index (χ4v) is 1.49. The van der Waals surface area contributed by atoms with Crippen LogP contribution in [0.3, 0.4) is 0 Å². The number of anilines is 1. The quantitative estimate of drug-likeness (QED) is 0.827. The number of rotatable bonds is 5. The van der Waals surface area contributed by atoms with Crippen LogP contribution < -0.4 is 4.90 Å². The summed E-state index contributed by atoms with van der Waals surface area (Å²) in [7, 11) is 1.26. The van der Waals surface area contributed by atoms with Gasteiger partial charge in [-0.2, -0.15) is 4.98 Å². The molecular formula is C9H11ClF3N3O. The predicted molar refractivity (Wildman–Crippen MR) is 56.9 cm³/mol. The van der Waals surface area contributed by atoms with Gasteiger partial charge in [0.05, 0.1) is 12.2 Å². The van der Waals surface area contributed by atoms with Crippen molar-refractivity contribution < 1.29 is 18.3 Å². The van der Waals surface area contributed by atoms with Crippen molar-refractivity contribution in [2.75, 3.05) is 18.6 Å². The fraction of sp³-hybridized carbons (Fsp3) is 0.556. The molecule has 0 aromatic carbocycles. The molecule has 8 heteroatoms. The molecule has 0 bridgehead atoms. The molecule has 0 spiro atoms. The highest BCUT2D eigenvalue weighted by atomic mass is 35.5. The number of aromatic nitrogens is 2. The van der Waals surface area contributed by atoms with E-state index in [1.165, 1.54) is 7.05 Å². The lowest BCUT2D eigenvalue weighted by Gasteiger charge is -2.28. The van der Waals surface area contributed by atoms with Gasteiger partial charge in [0.25, 0.3) is 6.43 Å². The van der Waals surface area contributed by atoms with Gasteiger partial charge in [0.15, 0.2) is 11.6 Å². The summed E-state index contributed by atoms with van der Waals surface area (Å²) in [5.41, 5.74) is 0. The summed E-state index contributed by atoms with van der Waals surface area (Å²) in [5, 5.41) is 8.46. The Labute approximate surface area is 101 Å². The molecule has 1 unspecified atom stereocenters. The zero-order valence-corrected chi connectivity index (χ0v) is 9.70. The second-order valence-corrected chi connectivity index (χ2v) is 3.67. The number of hydrogen-bond acceptors (Lipinski definition) is 4. The van der Waals surface area contributed by atoms with Crippen molar-refractivity contribution >= 4 is 17.4 Å². The molecule has 0 amide bonds. The van der Waals surface area contributed by atoms with Crippen molar-refractivity contribution in [3.05, 3.63) is 17.3 Å². The second kappa shape index (κ2) is 6.02. The molecule has 1 aromatic heterocycles. The Kier molecular flexibility index (Phi) is 4.95. The first-order chi connectivity index (χ1) is 7.97. The third-order valence-electron chi connectivity index (χ3n) is 2.24. The smallest absolute Gasteiger partial charge is 0.258 e. The van der Waals surface area contributed by atoms with Crippen LogP contribution in [0.25, 0.3) is 0 Å². The van der Waals surface area contributed by atoms with E-state index < -0.39 is 24.9 Å². The lowest BCUT2D eigenvalue weighted by molar-refractivity contribution is 0.0983. The fourth-order valence-electron chi connectivity index (χ4n) is 1.36. The normalized spacial score (nSPS) is 12.9. The highest BCUT2D eigenvalue weighted by Crippen LogP contribution is 2.22. The Morgan fingerprint density at radius 3 is 2.71 bits per heavy atom. The van der Waals surface area contributed by atoms with Crippen molar-refractivity contribution in [1.82, 2.24) is 9.97 Å². The van der Waals surface area contributed by atoms with E-state index in [-0.39, 0.29) is 17.5 Å². The molecule has 4 nitrogen and oxygen atoms in total. The predicted octanol–water partition coefficient (Wildman–Crippen LogP) is 1.72. The minimum atomic E-state index is -2.74. The first-order valence-electron chi connectivity index (χ1n) is 4.77. The zero-order chi connectivity index (χ0) is 13.0. The molecule has 1 rings (SSSR count). The third-order valence-corrected chi connectivity index (χ3v) is 2.43. The molecular weight excluding hydrogens is 259 g/mol. The molecule has 0 saturated heterocycles. The minimum absolute atomic E-state index is 0.199.